The molecule has 3 nitrogen and oxygen atoms in total. The predicted molar refractivity (Wildman–Crippen MR) is 110 cm³/mol. The number of benzene rings is 1. The number of hydrogen-bond donors (Lipinski definition) is 1. The van der Waals surface area contributed by atoms with E-state index in [0.29, 0.717) is 0 Å². The van der Waals surface area contributed by atoms with Crippen molar-refractivity contribution in [3.8, 4) is 0 Å². The molecule has 1 atom stereocenters. The van der Waals surface area contributed by atoms with Gasteiger partial charge in [-0.25, -0.2) is 4.79 Å². The van der Waals surface area contributed by atoms with Gasteiger partial charge in [0.15, 0.2) is 0 Å². The fourth-order valence-electron chi connectivity index (χ4n) is 4.20. The Labute approximate surface area is 162 Å². The van der Waals surface area contributed by atoms with E-state index in [1.54, 1.807) is 12.1 Å². The first-order valence-corrected chi connectivity index (χ1v) is 9.54. The van der Waals surface area contributed by atoms with E-state index in [2.05, 4.69) is 58.3 Å². The van der Waals surface area contributed by atoms with Crippen molar-refractivity contribution in [3.05, 3.63) is 76.6 Å². The Bertz CT molecular complexity index is 891. The minimum absolute atomic E-state index is 0.0565. The minimum atomic E-state index is -0.960. The fourth-order valence-corrected chi connectivity index (χ4v) is 4.20. The molecule has 1 N–H and O–H groups in total. The maximum Gasteiger partial charge on any atom is 0.337 e. The lowest BCUT2D eigenvalue weighted by Gasteiger charge is -2.42. The van der Waals surface area contributed by atoms with Gasteiger partial charge in [-0.3, -0.25) is 4.98 Å². The van der Waals surface area contributed by atoms with E-state index >= 15 is 0 Å². The molecule has 0 fully saturated rings. The van der Waals surface area contributed by atoms with Crippen LogP contribution in [0.25, 0.3) is 0 Å². The van der Waals surface area contributed by atoms with Crippen LogP contribution in [-0.4, -0.2) is 16.1 Å². The summed E-state index contributed by atoms with van der Waals surface area (Å²) >= 11 is 0. The molecule has 1 aromatic heterocycles. The zero-order valence-corrected chi connectivity index (χ0v) is 17.0. The van der Waals surface area contributed by atoms with Gasteiger partial charge in [-0.1, -0.05) is 45.9 Å². The number of aromatic carboxylic acids is 1. The van der Waals surface area contributed by atoms with E-state index in [9.17, 15) is 4.79 Å². The average molecular weight is 364 g/mol. The van der Waals surface area contributed by atoms with Crippen molar-refractivity contribution in [2.45, 2.75) is 64.2 Å². The van der Waals surface area contributed by atoms with Gasteiger partial charge >= 0.3 is 5.97 Å². The summed E-state index contributed by atoms with van der Waals surface area (Å²) in [5.74, 6) is -1.02. The molecule has 0 aliphatic heterocycles. The molecule has 0 radical (unpaired) electrons. The van der Waals surface area contributed by atoms with E-state index < -0.39 is 5.97 Å². The lowest BCUT2D eigenvalue weighted by atomic mass is 9.62. The summed E-state index contributed by atoms with van der Waals surface area (Å²) in [4.78, 5) is 15.5. The average Bonchev–Trinajstić information content (AvgIpc) is 2.61. The molecule has 1 aliphatic carbocycles. The highest BCUT2D eigenvalue weighted by Crippen LogP contribution is 2.47. The van der Waals surface area contributed by atoms with Gasteiger partial charge in [-0.05, 0) is 65.0 Å². The zero-order valence-electron chi connectivity index (χ0n) is 17.0. The summed E-state index contributed by atoms with van der Waals surface area (Å²) in [5, 5.41) is 9.11. The number of pyridine rings is 1. The highest BCUT2D eigenvalue weighted by Gasteiger charge is 2.37. The van der Waals surface area contributed by atoms with Crippen molar-refractivity contribution in [2.75, 3.05) is 0 Å². The number of carboxylic acid groups (broad SMARTS) is 1. The highest BCUT2D eigenvalue weighted by molar-refractivity contribution is 5.87. The van der Waals surface area contributed by atoms with E-state index in [-0.39, 0.29) is 22.3 Å². The van der Waals surface area contributed by atoms with Gasteiger partial charge in [0.25, 0.3) is 0 Å². The highest BCUT2D eigenvalue weighted by atomic mass is 16.4. The van der Waals surface area contributed by atoms with Gasteiger partial charge in [0.2, 0.25) is 0 Å². The van der Waals surface area contributed by atoms with Crippen LogP contribution in [0.2, 0.25) is 0 Å². The molecule has 1 aromatic carbocycles. The van der Waals surface area contributed by atoms with Crippen LogP contribution < -0.4 is 0 Å². The Balaban J connectivity index is 2.13. The second-order valence-corrected chi connectivity index (χ2v) is 9.01. The minimum Gasteiger partial charge on any atom is -0.478 e. The maximum absolute atomic E-state index is 11.1. The molecule has 27 heavy (non-hydrogen) atoms. The van der Waals surface area contributed by atoms with Crippen molar-refractivity contribution in [1.82, 2.24) is 4.98 Å². The zero-order chi connectivity index (χ0) is 20.0. The monoisotopic (exact) mass is 363 g/mol. The first-order chi connectivity index (χ1) is 12.6. The molecule has 1 unspecified atom stereocenters. The van der Waals surface area contributed by atoms with Crippen LogP contribution in [0, 0.1) is 6.92 Å². The van der Waals surface area contributed by atoms with Gasteiger partial charge < -0.3 is 5.11 Å². The Morgan fingerprint density at radius 1 is 1.15 bits per heavy atom. The van der Waals surface area contributed by atoms with Crippen molar-refractivity contribution < 1.29 is 9.90 Å². The first-order valence-electron chi connectivity index (χ1n) is 9.54. The summed E-state index contributed by atoms with van der Waals surface area (Å²) < 4.78 is 0. The molecule has 1 aliphatic rings. The van der Waals surface area contributed by atoms with Gasteiger partial charge in [0.1, 0.15) is 0 Å². The van der Waals surface area contributed by atoms with E-state index in [1.807, 2.05) is 6.08 Å². The van der Waals surface area contributed by atoms with Crippen LogP contribution in [-0.2, 0) is 10.8 Å². The number of hydrogen-bond acceptors (Lipinski definition) is 2. The molecule has 0 amide bonds. The number of carboxylic acids is 1. The van der Waals surface area contributed by atoms with Crippen LogP contribution in [0.15, 0.2) is 43.1 Å². The Morgan fingerprint density at radius 3 is 2.22 bits per heavy atom. The van der Waals surface area contributed by atoms with Crippen molar-refractivity contribution in [2.24, 2.45) is 0 Å². The van der Waals surface area contributed by atoms with Crippen LogP contribution >= 0.6 is 0 Å². The first kappa shape index (κ1) is 19.3. The van der Waals surface area contributed by atoms with Crippen molar-refractivity contribution >= 4 is 5.97 Å². The topological polar surface area (TPSA) is 50.2 Å². The number of rotatable bonds is 4. The van der Waals surface area contributed by atoms with Gasteiger partial charge in [0, 0.05) is 12.1 Å². The molecular weight excluding hydrogens is 334 g/mol. The quantitative estimate of drug-likeness (QED) is 0.703. The number of fused-ring (bicyclic) bond motifs is 1. The smallest absolute Gasteiger partial charge is 0.337 e. The molecule has 0 saturated heterocycles. The van der Waals surface area contributed by atoms with E-state index in [1.165, 1.54) is 41.3 Å². The summed E-state index contributed by atoms with van der Waals surface area (Å²) in [6.07, 6.45) is 5.68. The van der Waals surface area contributed by atoms with Gasteiger partial charge in [-0.2, -0.15) is 0 Å². The van der Waals surface area contributed by atoms with E-state index in [0.717, 1.165) is 5.69 Å². The largest absolute Gasteiger partial charge is 0.478 e. The second-order valence-electron chi connectivity index (χ2n) is 9.01. The predicted octanol–water partition coefficient (Wildman–Crippen LogP) is 5.76. The van der Waals surface area contributed by atoms with Crippen LogP contribution in [0.5, 0.6) is 0 Å². The van der Waals surface area contributed by atoms with Crippen LogP contribution in [0.3, 0.4) is 0 Å². The summed E-state index contributed by atoms with van der Waals surface area (Å²) in [6, 6.07) is 8.09. The molecule has 1 heterocycles. The maximum atomic E-state index is 11.1. The molecule has 3 rings (SSSR count). The van der Waals surface area contributed by atoms with Crippen molar-refractivity contribution in [1.29, 1.82) is 0 Å². The number of allylic oxidation sites excluding steroid dienone is 1. The summed E-state index contributed by atoms with van der Waals surface area (Å²) in [5.41, 5.74) is 6.63. The fraction of sp³-hybridized carbons (Fsp3) is 0.417. The van der Waals surface area contributed by atoms with Gasteiger partial charge in [-0.15, -0.1) is 6.58 Å². The number of carbonyl (C=O) groups is 1. The molecule has 0 saturated carbocycles. The lowest BCUT2D eigenvalue weighted by molar-refractivity contribution is 0.0696. The van der Waals surface area contributed by atoms with E-state index in [4.69, 9.17) is 5.11 Å². The molecule has 2 aromatic rings. The third-order valence-corrected chi connectivity index (χ3v) is 6.16. The molecule has 3 heteroatoms. The number of aryl methyl sites for hydroxylation is 1. The molecule has 142 valence electrons. The summed E-state index contributed by atoms with van der Waals surface area (Å²) in [6.45, 7) is 15.5. The van der Waals surface area contributed by atoms with Crippen molar-refractivity contribution in [3.63, 3.8) is 0 Å². The Kier molecular flexibility index (Phi) is 4.75. The SMILES string of the molecule is C=CC(c1ccc(C(=O)O)cn1)c1cc2c(cc1C)C(C)(C)CCC2(C)C. The van der Waals surface area contributed by atoms with Crippen LogP contribution in [0.1, 0.15) is 84.8 Å². The molecule has 0 bridgehead atoms. The Hall–Kier alpha value is -2.42. The third kappa shape index (κ3) is 3.43. The normalized spacial score (nSPS) is 18.4. The third-order valence-electron chi connectivity index (χ3n) is 6.16. The number of nitrogens with zero attached hydrogens (tertiary/aromatic N) is 1. The van der Waals surface area contributed by atoms with Gasteiger partial charge in [0.05, 0.1) is 11.3 Å². The second kappa shape index (κ2) is 6.63. The Morgan fingerprint density at radius 2 is 1.74 bits per heavy atom. The molecule has 0 spiro atoms. The standard InChI is InChI=1S/C24H29NO2/c1-7-17(21-9-8-16(14-25-21)22(26)27)18-13-20-19(12-15(18)2)23(3,4)10-11-24(20,5)6/h7-9,12-14,17H,1,10-11H2,2-6H3,(H,26,27). The summed E-state index contributed by atoms with van der Waals surface area (Å²) in [7, 11) is 0. The lowest BCUT2D eigenvalue weighted by Crippen LogP contribution is -2.34. The van der Waals surface area contributed by atoms with Crippen LogP contribution in [0.4, 0.5) is 0 Å². The number of aromatic nitrogens is 1. The molecular formula is C24H29NO2.